The van der Waals surface area contributed by atoms with Crippen LogP contribution in [0.1, 0.15) is 0 Å². The lowest BCUT2D eigenvalue weighted by atomic mass is 10.3. The zero-order chi connectivity index (χ0) is 23.4. The smallest absolute Gasteiger partial charge is 0.332 e. The Hall–Kier alpha value is -3.80. The van der Waals surface area contributed by atoms with Crippen LogP contribution in [0, 0.1) is 0 Å². The van der Waals surface area contributed by atoms with Gasteiger partial charge in [-0.05, 0) is 12.1 Å². The van der Waals surface area contributed by atoms with Gasteiger partial charge in [0.2, 0.25) is 11.7 Å². The minimum absolute atomic E-state index is 0.153. The first kappa shape index (κ1) is 22.9. The highest BCUT2D eigenvalue weighted by atomic mass is 16.5. The van der Waals surface area contributed by atoms with Gasteiger partial charge in [-0.1, -0.05) is 6.07 Å². The van der Waals surface area contributed by atoms with E-state index in [4.69, 9.17) is 14.2 Å². The summed E-state index contributed by atoms with van der Waals surface area (Å²) >= 11 is 0. The first-order chi connectivity index (χ1) is 15.3. The Morgan fingerprint density at radius 2 is 1.84 bits per heavy atom. The van der Waals surface area contributed by atoms with E-state index in [0.29, 0.717) is 17.2 Å². The van der Waals surface area contributed by atoms with Crippen LogP contribution in [0.3, 0.4) is 0 Å². The molecule has 0 fully saturated rings. The molecule has 3 rings (SSSR count). The first-order valence-corrected chi connectivity index (χ1v) is 9.67. The van der Waals surface area contributed by atoms with Crippen molar-refractivity contribution in [2.75, 3.05) is 27.4 Å². The van der Waals surface area contributed by atoms with E-state index < -0.39 is 29.8 Å². The van der Waals surface area contributed by atoms with E-state index >= 15 is 0 Å². The number of hydrogen-bond donors (Lipinski definition) is 2. The maximum absolute atomic E-state index is 12.7. The molecule has 32 heavy (non-hydrogen) atoms. The molecule has 1 unspecified atom stereocenters. The molecular formula is C20H25N5O7. The lowest BCUT2D eigenvalue weighted by molar-refractivity contribution is -0.122. The predicted octanol–water partition coefficient (Wildman–Crippen LogP) is -0.993. The number of hydrogen-bond acceptors (Lipinski definition) is 8. The summed E-state index contributed by atoms with van der Waals surface area (Å²) < 4.78 is 19.6. The molecule has 2 heterocycles. The number of imidazole rings is 1. The molecule has 0 saturated heterocycles. The summed E-state index contributed by atoms with van der Waals surface area (Å²) in [5, 5.41) is 12.7. The van der Waals surface area contributed by atoms with Crippen LogP contribution < -0.4 is 30.8 Å². The van der Waals surface area contributed by atoms with Crippen LogP contribution in [-0.2, 0) is 25.4 Å². The number of aryl methyl sites for hydroxylation is 2. The van der Waals surface area contributed by atoms with E-state index in [1.807, 2.05) is 0 Å². The fourth-order valence-electron chi connectivity index (χ4n) is 3.16. The Morgan fingerprint density at radius 1 is 1.19 bits per heavy atom. The van der Waals surface area contributed by atoms with Crippen molar-refractivity contribution < 1.29 is 24.1 Å². The third-order valence-corrected chi connectivity index (χ3v) is 4.84. The quantitative estimate of drug-likeness (QED) is 0.426. The van der Waals surface area contributed by atoms with Crippen molar-refractivity contribution in [2.24, 2.45) is 14.1 Å². The molecule has 0 aliphatic heterocycles. The second kappa shape index (κ2) is 9.56. The Labute approximate surface area is 182 Å². The molecule has 0 spiro atoms. The van der Waals surface area contributed by atoms with Gasteiger partial charge in [-0.2, -0.15) is 0 Å². The number of rotatable bonds is 9. The van der Waals surface area contributed by atoms with Crippen LogP contribution in [0.4, 0.5) is 0 Å². The van der Waals surface area contributed by atoms with Crippen LogP contribution in [0.5, 0.6) is 17.2 Å². The van der Waals surface area contributed by atoms with Gasteiger partial charge in [-0.3, -0.25) is 14.2 Å². The molecule has 12 heteroatoms. The van der Waals surface area contributed by atoms with Gasteiger partial charge < -0.3 is 29.2 Å². The number of carbonyl (C=O) groups excluding carboxylic acids is 1. The van der Waals surface area contributed by atoms with Crippen LogP contribution in [0.2, 0.25) is 0 Å². The summed E-state index contributed by atoms with van der Waals surface area (Å²) in [6, 6.07) is 5.10. The lowest BCUT2D eigenvalue weighted by Crippen LogP contribution is -2.45. The number of aliphatic hydroxyl groups is 1. The number of carbonyl (C=O) groups is 1. The van der Waals surface area contributed by atoms with Crippen molar-refractivity contribution in [3.8, 4) is 17.2 Å². The molecule has 0 bridgehead atoms. The number of benzene rings is 1. The number of para-hydroxylation sites is 1. The molecule has 1 amide bonds. The van der Waals surface area contributed by atoms with Gasteiger partial charge in [-0.15, -0.1) is 0 Å². The van der Waals surface area contributed by atoms with E-state index in [-0.39, 0.29) is 24.3 Å². The van der Waals surface area contributed by atoms with Crippen LogP contribution in [0.15, 0.2) is 34.1 Å². The number of fused-ring (bicyclic) bond motifs is 1. The summed E-state index contributed by atoms with van der Waals surface area (Å²) in [6.07, 6.45) is 0.357. The van der Waals surface area contributed by atoms with Crippen molar-refractivity contribution in [1.29, 1.82) is 0 Å². The third-order valence-electron chi connectivity index (χ3n) is 4.84. The number of amides is 1. The van der Waals surface area contributed by atoms with Crippen molar-refractivity contribution in [3.63, 3.8) is 0 Å². The number of nitrogens with one attached hydrogen (secondary N) is 1. The average molecular weight is 447 g/mol. The molecule has 12 nitrogen and oxygen atoms in total. The molecule has 0 saturated carbocycles. The number of methoxy groups -OCH3 is 2. The molecular weight excluding hydrogens is 422 g/mol. The lowest BCUT2D eigenvalue weighted by Gasteiger charge is -2.17. The highest BCUT2D eigenvalue weighted by molar-refractivity contribution is 5.76. The molecule has 1 atom stereocenters. The van der Waals surface area contributed by atoms with Gasteiger partial charge in [0.1, 0.15) is 19.3 Å². The monoisotopic (exact) mass is 447 g/mol. The zero-order valence-electron chi connectivity index (χ0n) is 18.2. The Kier molecular flexibility index (Phi) is 6.83. The van der Waals surface area contributed by atoms with Gasteiger partial charge in [0.15, 0.2) is 22.7 Å². The highest BCUT2D eigenvalue weighted by Gasteiger charge is 2.18. The van der Waals surface area contributed by atoms with Gasteiger partial charge in [-0.25, -0.2) is 14.3 Å². The number of aliphatic hydroxyl groups excluding tert-OH is 1. The first-order valence-electron chi connectivity index (χ1n) is 9.67. The van der Waals surface area contributed by atoms with Crippen LogP contribution in [0.25, 0.3) is 11.2 Å². The van der Waals surface area contributed by atoms with Crippen molar-refractivity contribution in [2.45, 2.75) is 12.6 Å². The van der Waals surface area contributed by atoms with E-state index in [1.54, 1.807) is 25.2 Å². The van der Waals surface area contributed by atoms with Gasteiger partial charge in [0.25, 0.3) is 5.56 Å². The maximum Gasteiger partial charge on any atom is 0.332 e. The maximum atomic E-state index is 12.7. The predicted molar refractivity (Wildman–Crippen MR) is 114 cm³/mol. The molecule has 2 aromatic heterocycles. The standard InChI is InChI=1S/C20H25N5O7/c1-23-11-22-18-16(23)19(28)25(20(29)24(18)2)9-15(27)21-8-12(26)10-32-17-13(30-3)6-5-7-14(17)31-4/h5-7,11-12,26H,8-10H2,1-4H3,(H,21,27). The Bertz CT molecular complexity index is 1220. The minimum Gasteiger partial charge on any atom is -0.493 e. The van der Waals surface area contributed by atoms with Crippen molar-refractivity contribution in [1.82, 2.24) is 24.0 Å². The minimum atomic E-state index is -1.06. The normalized spacial score (nSPS) is 11.9. The summed E-state index contributed by atoms with van der Waals surface area (Å²) in [6.45, 7) is -0.806. The summed E-state index contributed by atoms with van der Waals surface area (Å²) in [5.74, 6) is 0.574. The van der Waals surface area contributed by atoms with E-state index in [2.05, 4.69) is 10.3 Å². The largest absolute Gasteiger partial charge is 0.493 e. The number of aromatic nitrogens is 4. The molecule has 0 aliphatic carbocycles. The molecule has 3 aromatic rings. The second-order valence-corrected chi connectivity index (χ2v) is 7.02. The molecule has 2 N–H and O–H groups in total. The fraction of sp³-hybridized carbons (Fsp3) is 0.400. The van der Waals surface area contributed by atoms with E-state index in [1.165, 1.54) is 36.7 Å². The highest BCUT2D eigenvalue weighted by Crippen LogP contribution is 2.36. The van der Waals surface area contributed by atoms with Gasteiger partial charge in [0.05, 0.1) is 20.5 Å². The summed E-state index contributed by atoms with van der Waals surface area (Å²) in [7, 11) is 6.05. The van der Waals surface area contributed by atoms with Crippen molar-refractivity contribution >= 4 is 17.1 Å². The number of ether oxygens (including phenoxy) is 3. The zero-order valence-corrected chi connectivity index (χ0v) is 18.2. The molecule has 172 valence electrons. The average Bonchev–Trinajstić information content (AvgIpc) is 3.18. The van der Waals surface area contributed by atoms with Gasteiger partial charge >= 0.3 is 5.69 Å². The second-order valence-electron chi connectivity index (χ2n) is 7.02. The Morgan fingerprint density at radius 3 is 2.47 bits per heavy atom. The third kappa shape index (κ3) is 4.44. The van der Waals surface area contributed by atoms with E-state index in [0.717, 1.165) is 4.57 Å². The Balaban J connectivity index is 1.63. The fourth-order valence-corrected chi connectivity index (χ4v) is 3.16. The molecule has 0 aliphatic rings. The topological polar surface area (TPSA) is 139 Å². The van der Waals surface area contributed by atoms with E-state index in [9.17, 15) is 19.5 Å². The molecule has 0 radical (unpaired) electrons. The summed E-state index contributed by atoms with van der Waals surface area (Å²) in [5.41, 5.74) is -0.841. The van der Waals surface area contributed by atoms with Crippen LogP contribution in [-0.4, -0.2) is 63.2 Å². The summed E-state index contributed by atoms with van der Waals surface area (Å²) in [4.78, 5) is 41.5. The van der Waals surface area contributed by atoms with Crippen LogP contribution >= 0.6 is 0 Å². The molecule has 1 aromatic carbocycles. The van der Waals surface area contributed by atoms with Crippen molar-refractivity contribution in [3.05, 3.63) is 45.4 Å². The SMILES string of the molecule is COc1cccc(OC)c1OCC(O)CNC(=O)Cn1c(=O)c2c(ncn2C)n(C)c1=O. The number of nitrogens with zero attached hydrogens (tertiary/aromatic N) is 4. The van der Waals surface area contributed by atoms with Gasteiger partial charge in [0, 0.05) is 20.6 Å².